The molecule has 4 nitrogen and oxygen atoms in total. The van der Waals surface area contributed by atoms with Crippen molar-refractivity contribution in [1.29, 1.82) is 0 Å². The fourth-order valence-corrected chi connectivity index (χ4v) is 8.06. The minimum atomic E-state index is 0.614. The average Bonchev–Trinajstić information content (AvgIpc) is 3.70. The van der Waals surface area contributed by atoms with Gasteiger partial charge in [0, 0.05) is 27.5 Å². The highest BCUT2D eigenvalue weighted by molar-refractivity contribution is 6.13. The van der Waals surface area contributed by atoms with Crippen molar-refractivity contribution in [1.82, 2.24) is 15.0 Å². The average molecular weight is 754 g/mol. The lowest BCUT2D eigenvalue weighted by Crippen LogP contribution is -2.00. The van der Waals surface area contributed by atoms with E-state index in [2.05, 4.69) is 194 Å². The number of rotatable bonds is 7. The largest absolute Gasteiger partial charge is 0.456 e. The monoisotopic (exact) mass is 753 g/mol. The van der Waals surface area contributed by atoms with Gasteiger partial charge in [0.2, 0.25) is 0 Å². The van der Waals surface area contributed by atoms with Crippen LogP contribution in [0.15, 0.2) is 217 Å². The summed E-state index contributed by atoms with van der Waals surface area (Å²) in [6, 6.07) is 74.1. The first-order valence-electron chi connectivity index (χ1n) is 19.8. The minimum absolute atomic E-state index is 0.614. The zero-order chi connectivity index (χ0) is 39.1. The number of hydrogen-bond acceptors (Lipinski definition) is 4. The maximum Gasteiger partial charge on any atom is 0.164 e. The number of furan rings is 1. The number of benzene rings is 9. The third-order valence-electron chi connectivity index (χ3n) is 11.2. The van der Waals surface area contributed by atoms with E-state index >= 15 is 0 Å². The van der Waals surface area contributed by atoms with Crippen molar-refractivity contribution < 1.29 is 4.42 Å². The van der Waals surface area contributed by atoms with Crippen molar-refractivity contribution in [3.05, 3.63) is 212 Å². The van der Waals surface area contributed by atoms with Gasteiger partial charge in [-0.15, -0.1) is 0 Å². The lowest BCUT2D eigenvalue weighted by atomic mass is 9.98. The molecule has 4 heteroatoms. The summed E-state index contributed by atoms with van der Waals surface area (Å²) in [5, 5.41) is 4.69. The van der Waals surface area contributed by atoms with Crippen LogP contribution in [0.5, 0.6) is 0 Å². The summed E-state index contributed by atoms with van der Waals surface area (Å²) in [5.41, 5.74) is 13.6. The second-order valence-corrected chi connectivity index (χ2v) is 14.8. The molecule has 0 unspecified atom stereocenters. The molecule has 9 aromatic carbocycles. The summed E-state index contributed by atoms with van der Waals surface area (Å²) in [6.07, 6.45) is 0. The van der Waals surface area contributed by atoms with Gasteiger partial charge in [0.05, 0.1) is 0 Å². The van der Waals surface area contributed by atoms with Gasteiger partial charge < -0.3 is 4.42 Å². The van der Waals surface area contributed by atoms with E-state index in [-0.39, 0.29) is 0 Å². The summed E-state index contributed by atoms with van der Waals surface area (Å²) in [4.78, 5) is 15.2. The van der Waals surface area contributed by atoms with E-state index in [1.807, 2.05) is 18.2 Å². The number of hydrogen-bond donors (Lipinski definition) is 0. The van der Waals surface area contributed by atoms with Gasteiger partial charge in [-0.25, -0.2) is 15.0 Å². The van der Waals surface area contributed by atoms with Crippen LogP contribution in [0.3, 0.4) is 0 Å². The Bertz CT molecular complexity index is 3280. The maximum absolute atomic E-state index is 6.44. The van der Waals surface area contributed by atoms with Gasteiger partial charge in [0.15, 0.2) is 17.5 Å². The lowest BCUT2D eigenvalue weighted by molar-refractivity contribution is 0.669. The third-order valence-corrected chi connectivity index (χ3v) is 11.2. The van der Waals surface area contributed by atoms with Crippen LogP contribution in [0.25, 0.3) is 111 Å². The molecule has 0 fully saturated rings. The third kappa shape index (κ3) is 6.53. The number of aromatic nitrogens is 3. The minimum Gasteiger partial charge on any atom is -0.456 e. The van der Waals surface area contributed by atoms with Gasteiger partial charge in [0.1, 0.15) is 11.2 Å². The quantitative estimate of drug-likeness (QED) is 0.163. The van der Waals surface area contributed by atoms with Gasteiger partial charge in [0.25, 0.3) is 0 Å². The smallest absolute Gasteiger partial charge is 0.164 e. The molecule has 2 heterocycles. The normalized spacial score (nSPS) is 11.4. The SMILES string of the molecule is c1ccc(-c2ccc(-c3nc(-c4ccc(-c5ccc6ccccc6c5)cc4)nc(-c4ccc(-c5ccc6c(c5)oc5cccc(-c7ccccc7)c56)cc4)n3)cc2)cc1. The Labute approximate surface area is 341 Å². The Morgan fingerprint density at radius 2 is 0.712 bits per heavy atom. The Morgan fingerprint density at radius 3 is 1.31 bits per heavy atom. The summed E-state index contributed by atoms with van der Waals surface area (Å²) in [6.45, 7) is 0. The van der Waals surface area contributed by atoms with Crippen LogP contribution in [0.4, 0.5) is 0 Å². The molecule has 0 bridgehead atoms. The van der Waals surface area contributed by atoms with E-state index in [0.717, 1.165) is 60.9 Å². The summed E-state index contributed by atoms with van der Waals surface area (Å²) in [5.74, 6) is 1.86. The lowest BCUT2D eigenvalue weighted by Gasteiger charge is -2.10. The van der Waals surface area contributed by atoms with Crippen LogP contribution in [0.1, 0.15) is 0 Å². The number of nitrogens with zero attached hydrogens (tertiary/aromatic N) is 3. The van der Waals surface area contributed by atoms with Crippen LogP contribution >= 0.6 is 0 Å². The molecule has 0 amide bonds. The van der Waals surface area contributed by atoms with Crippen LogP contribution in [0.2, 0.25) is 0 Å². The van der Waals surface area contributed by atoms with Gasteiger partial charge in [-0.3, -0.25) is 0 Å². The van der Waals surface area contributed by atoms with Crippen LogP contribution in [0, 0.1) is 0 Å². The van der Waals surface area contributed by atoms with E-state index in [0.29, 0.717) is 17.5 Å². The van der Waals surface area contributed by atoms with E-state index in [1.54, 1.807) is 0 Å². The first kappa shape index (κ1) is 34.3. The molecule has 0 aliphatic rings. The summed E-state index contributed by atoms with van der Waals surface area (Å²) < 4.78 is 6.44. The zero-order valence-corrected chi connectivity index (χ0v) is 32.0. The van der Waals surface area contributed by atoms with E-state index in [9.17, 15) is 0 Å². The molecule has 11 rings (SSSR count). The van der Waals surface area contributed by atoms with Gasteiger partial charge in [-0.1, -0.05) is 188 Å². The van der Waals surface area contributed by atoms with Gasteiger partial charge in [-0.05, 0) is 79.5 Å². The Hall–Kier alpha value is -7.95. The van der Waals surface area contributed by atoms with Crippen molar-refractivity contribution in [2.75, 3.05) is 0 Å². The maximum atomic E-state index is 6.44. The van der Waals surface area contributed by atoms with E-state index < -0.39 is 0 Å². The molecule has 0 radical (unpaired) electrons. The molecule has 0 N–H and O–H groups in total. The van der Waals surface area contributed by atoms with E-state index in [4.69, 9.17) is 19.4 Å². The predicted octanol–water partition coefficient (Wildman–Crippen LogP) is 14.6. The molecular formula is C55H35N3O. The Kier molecular flexibility index (Phi) is 8.45. The highest BCUT2D eigenvalue weighted by Crippen LogP contribution is 2.39. The van der Waals surface area contributed by atoms with Crippen LogP contribution in [-0.4, -0.2) is 15.0 Å². The van der Waals surface area contributed by atoms with Gasteiger partial charge in [-0.2, -0.15) is 0 Å². The molecule has 0 spiro atoms. The first-order chi connectivity index (χ1) is 29.2. The van der Waals surface area contributed by atoms with Gasteiger partial charge >= 0.3 is 0 Å². The zero-order valence-electron chi connectivity index (χ0n) is 32.0. The first-order valence-corrected chi connectivity index (χ1v) is 19.8. The van der Waals surface area contributed by atoms with Crippen molar-refractivity contribution in [3.63, 3.8) is 0 Å². The molecule has 11 aromatic rings. The van der Waals surface area contributed by atoms with Crippen molar-refractivity contribution in [2.24, 2.45) is 0 Å². The van der Waals surface area contributed by atoms with Crippen molar-refractivity contribution in [2.45, 2.75) is 0 Å². The summed E-state index contributed by atoms with van der Waals surface area (Å²) >= 11 is 0. The molecule has 59 heavy (non-hydrogen) atoms. The molecular weight excluding hydrogens is 719 g/mol. The molecule has 0 saturated carbocycles. The molecule has 0 saturated heterocycles. The topological polar surface area (TPSA) is 51.8 Å². The fraction of sp³-hybridized carbons (Fsp3) is 0. The predicted molar refractivity (Wildman–Crippen MR) is 243 cm³/mol. The fourth-order valence-electron chi connectivity index (χ4n) is 8.06. The molecule has 276 valence electrons. The van der Waals surface area contributed by atoms with Crippen molar-refractivity contribution in [3.8, 4) is 78.7 Å². The molecule has 0 atom stereocenters. The molecule has 0 aliphatic heterocycles. The second kappa shape index (κ2) is 14.5. The number of fused-ring (bicyclic) bond motifs is 4. The van der Waals surface area contributed by atoms with E-state index in [1.165, 1.54) is 33.0 Å². The highest BCUT2D eigenvalue weighted by atomic mass is 16.3. The Morgan fingerprint density at radius 1 is 0.271 bits per heavy atom. The summed E-state index contributed by atoms with van der Waals surface area (Å²) in [7, 11) is 0. The molecule has 2 aromatic heterocycles. The van der Waals surface area contributed by atoms with Crippen molar-refractivity contribution >= 4 is 32.7 Å². The standard InChI is InChI=1S/C55H35N3O/c1-3-10-36(11-4-1)38-18-25-42(26-19-38)53-56-54(43-27-20-39(21-28-43)46-31-24-37-12-7-8-15-45(37)34-46)58-55(57-53)44-29-22-40(23-30-44)47-32-33-49-51(35-47)59-50-17-9-16-48(52(49)50)41-13-5-2-6-14-41/h1-35H. The second-order valence-electron chi connectivity index (χ2n) is 14.8. The van der Waals surface area contributed by atoms with Crippen LogP contribution in [-0.2, 0) is 0 Å². The molecule has 0 aliphatic carbocycles. The Balaban J connectivity index is 0.950. The highest BCUT2D eigenvalue weighted by Gasteiger charge is 2.16. The van der Waals surface area contributed by atoms with Crippen LogP contribution < -0.4 is 0 Å².